The number of hydrogen-bond acceptors (Lipinski definition) is 6. The summed E-state index contributed by atoms with van der Waals surface area (Å²) >= 11 is 0. The molecule has 0 saturated heterocycles. The first-order chi connectivity index (χ1) is 11.9. The number of carboxylic acids is 1. The minimum Gasteiger partial charge on any atom is -0.478 e. The van der Waals surface area contributed by atoms with Gasteiger partial charge in [-0.15, -0.1) is 0 Å². The second kappa shape index (κ2) is 6.16. The number of nitrogen functional groups attached to an aromatic ring is 2. The topological polar surface area (TPSA) is 133 Å². The first-order valence-corrected chi connectivity index (χ1v) is 7.51. The van der Waals surface area contributed by atoms with Crippen LogP contribution in [-0.4, -0.2) is 27.2 Å². The Morgan fingerprint density at radius 2 is 1.88 bits per heavy atom. The lowest BCUT2D eigenvalue weighted by molar-refractivity contribution is 0.0696. The zero-order valence-corrected chi connectivity index (χ0v) is 13.4. The van der Waals surface area contributed by atoms with Gasteiger partial charge in [0.15, 0.2) is 5.65 Å². The van der Waals surface area contributed by atoms with E-state index in [9.17, 15) is 14.7 Å². The molecule has 0 aliphatic carbocycles. The summed E-state index contributed by atoms with van der Waals surface area (Å²) in [6.07, 6.45) is 0. The fourth-order valence-electron chi connectivity index (χ4n) is 2.57. The number of aromatic nitrogens is 2. The largest absolute Gasteiger partial charge is 0.478 e. The van der Waals surface area contributed by atoms with Crippen LogP contribution in [0.5, 0.6) is 5.88 Å². The van der Waals surface area contributed by atoms with Gasteiger partial charge in [0.2, 0.25) is 5.88 Å². The van der Waals surface area contributed by atoms with E-state index in [0.29, 0.717) is 29.2 Å². The van der Waals surface area contributed by atoms with Gasteiger partial charge < -0.3 is 21.3 Å². The summed E-state index contributed by atoms with van der Waals surface area (Å²) in [6, 6.07) is 9.58. The van der Waals surface area contributed by atoms with Crippen LogP contribution in [-0.2, 0) is 0 Å². The van der Waals surface area contributed by atoms with Crippen LogP contribution in [0.15, 0.2) is 41.2 Å². The van der Waals surface area contributed by atoms with Crippen molar-refractivity contribution < 1.29 is 14.6 Å². The van der Waals surface area contributed by atoms with Crippen LogP contribution < -0.4 is 21.8 Å². The number of hydrogen-bond donors (Lipinski definition) is 3. The number of aromatic carboxylic acids is 1. The number of ether oxygens (including phenoxy) is 1. The Balaban J connectivity index is 2.46. The smallest absolute Gasteiger partial charge is 0.343 e. The molecular weight excluding hydrogens is 324 g/mol. The van der Waals surface area contributed by atoms with Crippen LogP contribution in [0, 0.1) is 0 Å². The molecule has 0 amide bonds. The molecule has 1 aromatic carbocycles. The molecule has 25 heavy (non-hydrogen) atoms. The Morgan fingerprint density at radius 3 is 2.48 bits per heavy atom. The van der Waals surface area contributed by atoms with Gasteiger partial charge in [-0.05, 0) is 37.3 Å². The van der Waals surface area contributed by atoms with Gasteiger partial charge in [0, 0.05) is 17.1 Å². The molecule has 2 heterocycles. The molecular formula is C17H16N4O4. The van der Waals surface area contributed by atoms with E-state index in [-0.39, 0.29) is 11.3 Å². The number of benzene rings is 1. The van der Waals surface area contributed by atoms with Crippen LogP contribution >= 0.6 is 0 Å². The molecule has 5 N–H and O–H groups in total. The molecule has 0 spiro atoms. The number of carboxylic acid groups (broad SMARTS) is 1. The fourth-order valence-corrected chi connectivity index (χ4v) is 2.57. The number of anilines is 2. The highest BCUT2D eigenvalue weighted by atomic mass is 16.5. The fraction of sp³-hybridized carbons (Fsp3) is 0.118. The van der Waals surface area contributed by atoms with Crippen LogP contribution in [0.2, 0.25) is 0 Å². The average Bonchev–Trinajstić information content (AvgIpc) is 2.56. The van der Waals surface area contributed by atoms with E-state index in [1.807, 2.05) is 0 Å². The maximum Gasteiger partial charge on any atom is 0.343 e. The molecule has 128 valence electrons. The average molecular weight is 340 g/mol. The highest BCUT2D eigenvalue weighted by Crippen LogP contribution is 2.26. The van der Waals surface area contributed by atoms with Crippen molar-refractivity contribution in [2.24, 2.45) is 0 Å². The highest BCUT2D eigenvalue weighted by molar-refractivity contribution is 6.03. The molecule has 0 aliphatic heterocycles. The SMILES string of the molecule is CCOc1ccc2c(N)c(C(=O)O)c(=O)n(-c3ccc(N)cc3)c2n1. The Bertz CT molecular complexity index is 1030. The monoisotopic (exact) mass is 340 g/mol. The van der Waals surface area contributed by atoms with E-state index in [4.69, 9.17) is 16.2 Å². The molecule has 0 unspecified atom stereocenters. The van der Waals surface area contributed by atoms with Gasteiger partial charge in [0.05, 0.1) is 18.0 Å². The van der Waals surface area contributed by atoms with Gasteiger partial charge in [-0.3, -0.25) is 9.36 Å². The Kier molecular flexibility index (Phi) is 4.02. The lowest BCUT2D eigenvalue weighted by atomic mass is 10.1. The molecule has 0 radical (unpaired) electrons. The standard InChI is InChI=1S/C17H16N4O4/c1-2-25-12-8-7-11-14(19)13(17(23)24)16(22)21(15(11)20-12)10-5-3-9(18)4-6-10/h3-8H,2,18-19H2,1H3,(H,23,24). The third-order valence-corrected chi connectivity index (χ3v) is 3.70. The molecule has 8 heteroatoms. The summed E-state index contributed by atoms with van der Waals surface area (Å²) in [7, 11) is 0. The number of fused-ring (bicyclic) bond motifs is 1. The van der Waals surface area contributed by atoms with Crippen molar-refractivity contribution in [2.45, 2.75) is 6.92 Å². The van der Waals surface area contributed by atoms with E-state index in [1.165, 1.54) is 4.57 Å². The Labute approximate surface area is 142 Å². The van der Waals surface area contributed by atoms with Gasteiger partial charge in [0.25, 0.3) is 5.56 Å². The summed E-state index contributed by atoms with van der Waals surface area (Å²) in [5.74, 6) is -1.09. The predicted octanol–water partition coefficient (Wildman–Crippen LogP) is 1.65. The summed E-state index contributed by atoms with van der Waals surface area (Å²) in [4.78, 5) is 28.6. The number of nitrogens with zero attached hydrogens (tertiary/aromatic N) is 2. The first kappa shape index (κ1) is 16.3. The van der Waals surface area contributed by atoms with E-state index < -0.39 is 17.1 Å². The van der Waals surface area contributed by atoms with Crippen LogP contribution in [0.3, 0.4) is 0 Å². The molecule has 0 fully saturated rings. The van der Waals surface area contributed by atoms with Crippen molar-refractivity contribution >= 4 is 28.4 Å². The highest BCUT2D eigenvalue weighted by Gasteiger charge is 2.22. The van der Waals surface area contributed by atoms with Crippen molar-refractivity contribution in [1.29, 1.82) is 0 Å². The number of carbonyl (C=O) groups is 1. The minimum absolute atomic E-state index is 0.130. The summed E-state index contributed by atoms with van der Waals surface area (Å²) in [6.45, 7) is 2.20. The summed E-state index contributed by atoms with van der Waals surface area (Å²) < 4.78 is 6.57. The lowest BCUT2D eigenvalue weighted by Crippen LogP contribution is -2.28. The number of rotatable bonds is 4. The van der Waals surface area contributed by atoms with Crippen molar-refractivity contribution in [2.75, 3.05) is 18.1 Å². The number of pyridine rings is 2. The zero-order chi connectivity index (χ0) is 18.1. The normalized spacial score (nSPS) is 10.8. The Morgan fingerprint density at radius 1 is 1.20 bits per heavy atom. The third kappa shape index (κ3) is 2.74. The van der Waals surface area contributed by atoms with E-state index in [0.717, 1.165) is 0 Å². The maximum atomic E-state index is 12.8. The second-order valence-corrected chi connectivity index (χ2v) is 5.28. The molecule has 8 nitrogen and oxygen atoms in total. The molecule has 0 bridgehead atoms. The first-order valence-electron chi connectivity index (χ1n) is 7.51. The molecule has 2 aromatic heterocycles. The van der Waals surface area contributed by atoms with Crippen LogP contribution in [0.25, 0.3) is 16.7 Å². The van der Waals surface area contributed by atoms with Gasteiger partial charge in [-0.1, -0.05) is 0 Å². The number of nitrogens with two attached hydrogens (primary N) is 2. The predicted molar refractivity (Wildman–Crippen MR) is 94.3 cm³/mol. The molecule has 3 rings (SSSR count). The zero-order valence-electron chi connectivity index (χ0n) is 13.4. The Hall–Kier alpha value is -3.55. The van der Waals surface area contributed by atoms with Crippen molar-refractivity contribution in [3.8, 4) is 11.6 Å². The van der Waals surface area contributed by atoms with Gasteiger partial charge in [0.1, 0.15) is 5.56 Å². The minimum atomic E-state index is -1.40. The van der Waals surface area contributed by atoms with Gasteiger partial charge >= 0.3 is 5.97 Å². The quantitative estimate of drug-likeness (QED) is 0.615. The molecule has 0 aliphatic rings. The van der Waals surface area contributed by atoms with Crippen LogP contribution in [0.4, 0.5) is 11.4 Å². The van der Waals surface area contributed by atoms with Crippen molar-refractivity contribution in [1.82, 2.24) is 9.55 Å². The van der Waals surface area contributed by atoms with E-state index >= 15 is 0 Å². The molecule has 0 atom stereocenters. The third-order valence-electron chi connectivity index (χ3n) is 3.70. The summed E-state index contributed by atoms with van der Waals surface area (Å²) in [5.41, 5.74) is 11.3. The lowest BCUT2D eigenvalue weighted by Gasteiger charge is -2.14. The maximum absolute atomic E-state index is 12.8. The van der Waals surface area contributed by atoms with Crippen molar-refractivity contribution in [3.05, 3.63) is 52.3 Å². The second-order valence-electron chi connectivity index (χ2n) is 5.28. The van der Waals surface area contributed by atoms with Gasteiger partial charge in [-0.25, -0.2) is 4.79 Å². The summed E-state index contributed by atoms with van der Waals surface area (Å²) in [5, 5.41) is 9.75. The molecule has 0 saturated carbocycles. The van der Waals surface area contributed by atoms with Crippen LogP contribution in [0.1, 0.15) is 17.3 Å². The molecule has 3 aromatic rings. The van der Waals surface area contributed by atoms with E-state index in [1.54, 1.807) is 43.3 Å². The van der Waals surface area contributed by atoms with Crippen molar-refractivity contribution in [3.63, 3.8) is 0 Å². The van der Waals surface area contributed by atoms with Gasteiger partial charge in [-0.2, -0.15) is 4.98 Å². The van der Waals surface area contributed by atoms with E-state index in [2.05, 4.69) is 4.98 Å².